The van der Waals surface area contributed by atoms with Gasteiger partial charge in [-0.1, -0.05) is 66.7 Å². The summed E-state index contributed by atoms with van der Waals surface area (Å²) in [5.74, 6) is 5.36. The lowest BCUT2D eigenvalue weighted by Crippen LogP contribution is -2.33. The molecular formula is C36H35N7O11. The van der Waals surface area contributed by atoms with E-state index in [1.165, 1.54) is 25.1 Å². The van der Waals surface area contributed by atoms with Gasteiger partial charge < -0.3 is 34.3 Å². The second kappa shape index (κ2) is 17.8. The van der Waals surface area contributed by atoms with Crippen LogP contribution in [0.25, 0.3) is 22.2 Å². The molecule has 0 aliphatic rings. The van der Waals surface area contributed by atoms with Crippen LogP contribution in [0.1, 0.15) is 40.9 Å². The molecule has 4 N–H and O–H groups in total. The third-order valence-electron chi connectivity index (χ3n) is 7.54. The van der Waals surface area contributed by atoms with Gasteiger partial charge >= 0.3 is 12.1 Å². The molecule has 0 saturated carbocycles. The van der Waals surface area contributed by atoms with Crippen molar-refractivity contribution in [3.63, 3.8) is 0 Å². The van der Waals surface area contributed by atoms with E-state index < -0.39 is 30.2 Å². The zero-order valence-corrected chi connectivity index (χ0v) is 29.0. The third kappa shape index (κ3) is 9.76. The van der Waals surface area contributed by atoms with Crippen LogP contribution in [0.4, 0.5) is 4.79 Å². The largest absolute Gasteiger partial charge is 0.515 e. The second-order valence-corrected chi connectivity index (χ2v) is 11.2. The van der Waals surface area contributed by atoms with Crippen molar-refractivity contribution in [3.8, 4) is 22.9 Å². The van der Waals surface area contributed by atoms with Crippen LogP contribution in [-0.2, 0) is 37.0 Å². The molecule has 54 heavy (non-hydrogen) atoms. The van der Waals surface area contributed by atoms with E-state index in [1.54, 1.807) is 41.0 Å². The van der Waals surface area contributed by atoms with Gasteiger partial charge in [0.2, 0.25) is 6.29 Å². The first-order chi connectivity index (χ1) is 26.1. The van der Waals surface area contributed by atoms with E-state index in [0.29, 0.717) is 34.8 Å². The normalized spacial score (nSPS) is 11.6. The van der Waals surface area contributed by atoms with Crippen LogP contribution in [0.2, 0.25) is 0 Å². The van der Waals surface area contributed by atoms with Gasteiger partial charge in [0, 0.05) is 12.5 Å². The van der Waals surface area contributed by atoms with Crippen LogP contribution in [0.3, 0.4) is 0 Å². The number of rotatable bonds is 17. The molecule has 1 heterocycles. The number of hydrazine groups is 1. The molecule has 4 aromatic carbocycles. The average Bonchev–Trinajstić information content (AvgIpc) is 3.50. The van der Waals surface area contributed by atoms with Crippen molar-refractivity contribution in [2.75, 3.05) is 13.3 Å². The highest BCUT2D eigenvalue weighted by molar-refractivity contribution is 6.03. The van der Waals surface area contributed by atoms with Crippen molar-refractivity contribution < 1.29 is 48.0 Å². The predicted octanol–water partition coefficient (Wildman–Crippen LogP) is 4.50. The third-order valence-corrected chi connectivity index (χ3v) is 7.54. The van der Waals surface area contributed by atoms with Gasteiger partial charge in [0.1, 0.15) is 12.4 Å². The average molecular weight is 742 g/mol. The second-order valence-electron chi connectivity index (χ2n) is 11.2. The number of fused-ring (bicyclic) bond motifs is 1. The standard InChI is InChI=1S/C36H35N7O11/c1-3-49-35-39-31-13-7-12-30(34(45)53-23(2)51-22-44)32(31)41(35)19-24-14-16-26(17-15-24)28-10-4-5-11-29(28)33(37)40-42(38)21-50-36(46)54-27-9-6-8-25(18-27)20-52-43(47)48/h4-18,22-23H,3,19-21,38H2,1-2H3,(H2,37,40). The molecule has 0 aliphatic heterocycles. The number of hydrazone groups is 1. The van der Waals surface area contributed by atoms with Gasteiger partial charge in [-0.15, -0.1) is 15.2 Å². The summed E-state index contributed by atoms with van der Waals surface area (Å²) >= 11 is 0. The fourth-order valence-corrected chi connectivity index (χ4v) is 5.26. The lowest BCUT2D eigenvalue weighted by molar-refractivity contribution is -0.763. The van der Waals surface area contributed by atoms with Gasteiger partial charge in [-0.05, 0) is 53.4 Å². The van der Waals surface area contributed by atoms with Crippen molar-refractivity contribution in [3.05, 3.63) is 123 Å². The lowest BCUT2D eigenvalue weighted by atomic mass is 9.98. The molecule has 5 rings (SSSR count). The van der Waals surface area contributed by atoms with Gasteiger partial charge in [-0.3, -0.25) is 9.36 Å². The van der Waals surface area contributed by atoms with Crippen molar-refractivity contribution in [2.45, 2.75) is 33.3 Å². The van der Waals surface area contributed by atoms with Gasteiger partial charge in [-0.2, -0.15) is 10.1 Å². The quantitative estimate of drug-likeness (QED) is 0.0154. The summed E-state index contributed by atoms with van der Waals surface area (Å²) in [4.78, 5) is 55.4. The topological polar surface area (TPSA) is 235 Å². The molecule has 18 nitrogen and oxygen atoms in total. The van der Waals surface area contributed by atoms with E-state index in [9.17, 15) is 24.5 Å². The minimum absolute atomic E-state index is 0.0335. The fourth-order valence-electron chi connectivity index (χ4n) is 5.26. The smallest absolute Gasteiger partial charge is 0.465 e. The number of carbonyl (C=O) groups excluding carboxylic acids is 3. The molecule has 0 bridgehead atoms. The summed E-state index contributed by atoms with van der Waals surface area (Å²) in [6.07, 6.45) is -2.18. The number of benzene rings is 4. The highest BCUT2D eigenvalue weighted by Gasteiger charge is 2.22. The molecule has 0 spiro atoms. The van der Waals surface area contributed by atoms with E-state index in [0.717, 1.165) is 21.8 Å². The Hall–Kier alpha value is -7.21. The Kier molecular flexibility index (Phi) is 12.6. The van der Waals surface area contributed by atoms with Crippen molar-refractivity contribution in [1.82, 2.24) is 14.7 Å². The van der Waals surface area contributed by atoms with Crippen molar-refractivity contribution in [1.29, 1.82) is 0 Å². The summed E-state index contributed by atoms with van der Waals surface area (Å²) < 4.78 is 27.7. The summed E-state index contributed by atoms with van der Waals surface area (Å²) in [6.45, 7) is 3.25. The van der Waals surface area contributed by atoms with Gasteiger partial charge in [0.05, 0.1) is 29.7 Å². The van der Waals surface area contributed by atoms with Crippen LogP contribution in [-0.4, -0.2) is 63.8 Å². The molecule has 280 valence electrons. The molecule has 0 amide bonds. The SMILES string of the molecule is CCOc1nc2cccc(C(=O)OC(C)OC=O)c2n1Cc1ccc(-c2ccccc2/C(N)=N/N(N)COC(=O)Oc2cccc(CO[N+](=O)[O-])c2)cc1. The number of hydrogen-bond acceptors (Lipinski definition) is 15. The number of ether oxygens (including phenoxy) is 5. The Balaban J connectivity index is 1.29. The van der Waals surface area contributed by atoms with Crippen LogP contribution in [0.5, 0.6) is 11.8 Å². The van der Waals surface area contributed by atoms with E-state index in [-0.39, 0.29) is 36.8 Å². The van der Waals surface area contributed by atoms with Crippen LogP contribution in [0, 0.1) is 10.1 Å². The first-order valence-corrected chi connectivity index (χ1v) is 16.2. The fraction of sp³-hybridized carbons (Fsp3) is 0.194. The highest BCUT2D eigenvalue weighted by Crippen LogP contribution is 2.29. The zero-order valence-electron chi connectivity index (χ0n) is 29.0. The number of aromatic nitrogens is 2. The summed E-state index contributed by atoms with van der Waals surface area (Å²) in [7, 11) is 0. The first-order valence-electron chi connectivity index (χ1n) is 16.2. The summed E-state index contributed by atoms with van der Waals surface area (Å²) in [5.41, 5.74) is 10.9. The minimum Gasteiger partial charge on any atom is -0.465 e. The number of para-hydroxylation sites is 1. The maximum atomic E-state index is 13.1. The number of amidine groups is 1. The van der Waals surface area contributed by atoms with E-state index >= 15 is 0 Å². The number of esters is 1. The van der Waals surface area contributed by atoms with Crippen LogP contribution >= 0.6 is 0 Å². The van der Waals surface area contributed by atoms with E-state index in [4.69, 9.17) is 35.3 Å². The Bertz CT molecular complexity index is 2150. The van der Waals surface area contributed by atoms with E-state index in [1.807, 2.05) is 43.3 Å². The number of nitrogens with zero attached hydrogens (tertiary/aromatic N) is 5. The maximum Gasteiger partial charge on any atom is 0.515 e. The highest BCUT2D eigenvalue weighted by atomic mass is 16.9. The number of carbonyl (C=O) groups is 3. The molecule has 18 heteroatoms. The molecule has 0 aliphatic carbocycles. The summed E-state index contributed by atoms with van der Waals surface area (Å²) in [5, 5.41) is 14.5. The first kappa shape index (κ1) is 38.0. The Labute approximate surface area is 307 Å². The van der Waals surface area contributed by atoms with Crippen LogP contribution in [0.15, 0.2) is 96.1 Å². The zero-order chi connectivity index (χ0) is 38.6. The molecule has 1 unspecified atom stereocenters. The Morgan fingerprint density at radius 1 is 1.02 bits per heavy atom. The molecule has 1 atom stereocenters. The number of nitrogens with two attached hydrogens (primary N) is 2. The van der Waals surface area contributed by atoms with Gasteiger partial charge in [0.15, 0.2) is 12.6 Å². The Morgan fingerprint density at radius 2 is 1.76 bits per heavy atom. The van der Waals surface area contributed by atoms with Gasteiger partial charge in [-0.25, -0.2) is 15.4 Å². The number of imidazole rings is 1. The Morgan fingerprint density at radius 3 is 2.50 bits per heavy atom. The van der Waals surface area contributed by atoms with E-state index in [2.05, 4.69) is 14.9 Å². The van der Waals surface area contributed by atoms with Gasteiger partial charge in [0.25, 0.3) is 17.6 Å². The molecule has 0 fully saturated rings. The van der Waals surface area contributed by atoms with Crippen molar-refractivity contribution >= 4 is 35.5 Å². The van der Waals surface area contributed by atoms with Crippen molar-refractivity contribution in [2.24, 2.45) is 16.7 Å². The molecule has 0 saturated heterocycles. The molecular weight excluding hydrogens is 706 g/mol. The monoisotopic (exact) mass is 741 g/mol. The summed E-state index contributed by atoms with van der Waals surface area (Å²) in [6, 6.07) is 26.1. The number of hydrogen-bond donors (Lipinski definition) is 2. The maximum absolute atomic E-state index is 13.1. The predicted molar refractivity (Wildman–Crippen MR) is 191 cm³/mol. The molecule has 1 aromatic heterocycles. The van der Waals surface area contributed by atoms with Crippen LogP contribution < -0.4 is 21.1 Å². The lowest BCUT2D eigenvalue weighted by Gasteiger charge is -2.16. The minimum atomic E-state index is -1.10. The molecule has 0 radical (unpaired) electrons. The molecule has 5 aromatic rings.